The fourth-order valence-electron chi connectivity index (χ4n) is 2.43. The van der Waals surface area contributed by atoms with Crippen molar-refractivity contribution < 1.29 is 9.84 Å². The highest BCUT2D eigenvalue weighted by Crippen LogP contribution is 2.24. The van der Waals surface area contributed by atoms with Gasteiger partial charge in [0.1, 0.15) is 0 Å². The molecule has 0 fully saturated rings. The zero-order valence-corrected chi connectivity index (χ0v) is 13.8. The third-order valence-corrected chi connectivity index (χ3v) is 4.53. The van der Waals surface area contributed by atoms with E-state index in [0.29, 0.717) is 13.0 Å². The lowest BCUT2D eigenvalue weighted by molar-refractivity contribution is 0.157. The van der Waals surface area contributed by atoms with Crippen LogP contribution in [0.4, 0.5) is 0 Å². The zero-order chi connectivity index (χ0) is 15.4. The molecule has 0 aliphatic rings. The predicted octanol–water partition coefficient (Wildman–Crippen LogP) is 2.40. The second kappa shape index (κ2) is 7.06. The first-order valence-electron chi connectivity index (χ1n) is 7.04. The lowest BCUT2D eigenvalue weighted by Gasteiger charge is -2.17. The van der Waals surface area contributed by atoms with Crippen LogP contribution in [0.25, 0.3) is 0 Å². The molecule has 2 atom stereocenters. The summed E-state index contributed by atoms with van der Waals surface area (Å²) in [5.41, 5.74) is 2.03. The van der Waals surface area contributed by atoms with Gasteiger partial charge in [-0.2, -0.15) is 5.10 Å². The maximum absolute atomic E-state index is 10.2. The summed E-state index contributed by atoms with van der Waals surface area (Å²) in [6.07, 6.45) is 0.270. The first-order chi connectivity index (χ1) is 10.0. The highest BCUT2D eigenvalue weighted by molar-refractivity contribution is 7.10. The lowest BCUT2D eigenvalue weighted by Crippen LogP contribution is -2.27. The van der Waals surface area contributed by atoms with E-state index >= 15 is 0 Å². The molecule has 0 aliphatic heterocycles. The summed E-state index contributed by atoms with van der Waals surface area (Å²) in [7, 11) is 3.53. The summed E-state index contributed by atoms with van der Waals surface area (Å²) in [6.45, 7) is 4.74. The summed E-state index contributed by atoms with van der Waals surface area (Å²) >= 11 is 1.59. The minimum Gasteiger partial charge on any atom is -0.481 e. The van der Waals surface area contributed by atoms with E-state index in [1.807, 2.05) is 31.5 Å². The molecule has 0 amide bonds. The van der Waals surface area contributed by atoms with Gasteiger partial charge >= 0.3 is 0 Å². The minimum absolute atomic E-state index is 0.200. The molecule has 0 bridgehead atoms. The van der Waals surface area contributed by atoms with Crippen molar-refractivity contribution in [2.24, 2.45) is 7.05 Å². The normalized spacial score (nSPS) is 14.1. The van der Waals surface area contributed by atoms with Gasteiger partial charge in [-0.25, -0.2) is 4.68 Å². The summed E-state index contributed by atoms with van der Waals surface area (Å²) in [5.74, 6) is 0.783. The number of aliphatic hydroxyl groups excluding tert-OH is 1. The lowest BCUT2D eigenvalue weighted by atomic mass is 10.1. The molecule has 0 radical (unpaired) electrons. The van der Waals surface area contributed by atoms with E-state index in [1.54, 1.807) is 23.1 Å². The number of aryl methyl sites for hydroxylation is 2. The molecule has 21 heavy (non-hydrogen) atoms. The van der Waals surface area contributed by atoms with Crippen LogP contribution in [0.1, 0.15) is 35.6 Å². The molecule has 0 spiro atoms. The third kappa shape index (κ3) is 3.84. The van der Waals surface area contributed by atoms with Crippen LogP contribution in [0, 0.1) is 6.92 Å². The Balaban J connectivity index is 1.91. The number of thiophene rings is 1. The van der Waals surface area contributed by atoms with Crippen molar-refractivity contribution in [3.05, 3.63) is 33.6 Å². The van der Waals surface area contributed by atoms with E-state index in [0.717, 1.165) is 22.0 Å². The topological polar surface area (TPSA) is 59.3 Å². The SMILES string of the molecule is COc1c(CNC(C)CC(O)c2cccs2)c(C)nn1C. The molecule has 5 nitrogen and oxygen atoms in total. The number of rotatable bonds is 7. The van der Waals surface area contributed by atoms with Gasteiger partial charge in [-0.1, -0.05) is 6.07 Å². The van der Waals surface area contributed by atoms with Crippen molar-refractivity contribution >= 4 is 11.3 Å². The third-order valence-electron chi connectivity index (χ3n) is 3.56. The van der Waals surface area contributed by atoms with Gasteiger partial charge in [-0.15, -0.1) is 11.3 Å². The van der Waals surface area contributed by atoms with Crippen LogP contribution in [0.3, 0.4) is 0 Å². The first-order valence-corrected chi connectivity index (χ1v) is 7.92. The standard InChI is InChI=1S/C15H23N3O2S/c1-10(8-13(19)14-6-5-7-21-14)16-9-12-11(2)17-18(3)15(12)20-4/h5-7,10,13,16,19H,8-9H2,1-4H3. The Labute approximate surface area is 129 Å². The number of nitrogens with zero attached hydrogens (tertiary/aromatic N) is 2. The van der Waals surface area contributed by atoms with Crippen molar-refractivity contribution in [2.75, 3.05) is 7.11 Å². The molecule has 2 aromatic rings. The molecule has 0 aliphatic carbocycles. The van der Waals surface area contributed by atoms with Gasteiger partial charge in [0.05, 0.1) is 24.5 Å². The summed E-state index contributed by atoms with van der Waals surface area (Å²) in [5, 5.41) is 19.9. The fraction of sp³-hybridized carbons (Fsp3) is 0.533. The Morgan fingerprint density at radius 2 is 2.29 bits per heavy atom. The molecule has 0 aromatic carbocycles. The zero-order valence-electron chi connectivity index (χ0n) is 13.0. The summed E-state index contributed by atoms with van der Waals surface area (Å²) < 4.78 is 7.13. The monoisotopic (exact) mass is 309 g/mol. The average Bonchev–Trinajstić information content (AvgIpc) is 3.04. The molecule has 0 saturated carbocycles. The maximum Gasteiger partial charge on any atom is 0.216 e. The molecule has 0 saturated heterocycles. The Morgan fingerprint density at radius 1 is 1.52 bits per heavy atom. The van der Waals surface area contributed by atoms with Crippen LogP contribution >= 0.6 is 11.3 Å². The molecule has 2 heterocycles. The van der Waals surface area contributed by atoms with Crippen molar-refractivity contribution in [2.45, 2.75) is 39.0 Å². The number of hydrogen-bond donors (Lipinski definition) is 2. The van der Waals surface area contributed by atoms with E-state index in [-0.39, 0.29) is 6.04 Å². The molecule has 2 rings (SSSR count). The average molecular weight is 309 g/mol. The molecular weight excluding hydrogens is 286 g/mol. The highest BCUT2D eigenvalue weighted by Gasteiger charge is 2.16. The van der Waals surface area contributed by atoms with Gasteiger partial charge in [0, 0.05) is 24.5 Å². The number of aromatic nitrogens is 2. The number of nitrogens with one attached hydrogen (secondary N) is 1. The molecule has 2 unspecified atom stereocenters. The summed E-state index contributed by atoms with van der Waals surface area (Å²) in [4.78, 5) is 1.01. The number of ether oxygens (including phenoxy) is 1. The second-order valence-corrected chi connectivity index (χ2v) is 6.22. The fourth-order valence-corrected chi connectivity index (χ4v) is 3.16. The number of aliphatic hydroxyl groups is 1. The van der Waals surface area contributed by atoms with Crippen LogP contribution in [0.15, 0.2) is 17.5 Å². The highest BCUT2D eigenvalue weighted by atomic mass is 32.1. The van der Waals surface area contributed by atoms with E-state index in [1.165, 1.54) is 0 Å². The minimum atomic E-state index is -0.413. The smallest absolute Gasteiger partial charge is 0.216 e. The second-order valence-electron chi connectivity index (χ2n) is 5.25. The predicted molar refractivity (Wildman–Crippen MR) is 84.7 cm³/mol. The Hall–Kier alpha value is -1.37. The van der Waals surface area contributed by atoms with Gasteiger partial charge in [0.25, 0.3) is 0 Å². The largest absolute Gasteiger partial charge is 0.481 e. The van der Waals surface area contributed by atoms with Crippen molar-refractivity contribution in [1.29, 1.82) is 0 Å². The Bertz CT molecular complexity index is 566. The Morgan fingerprint density at radius 3 is 2.90 bits per heavy atom. The molecule has 2 aromatic heterocycles. The molecule has 6 heteroatoms. The molecule has 116 valence electrons. The summed E-state index contributed by atoms with van der Waals surface area (Å²) in [6, 6.07) is 4.13. The van der Waals surface area contributed by atoms with Crippen LogP contribution < -0.4 is 10.1 Å². The van der Waals surface area contributed by atoms with Gasteiger partial charge < -0.3 is 15.2 Å². The number of hydrogen-bond acceptors (Lipinski definition) is 5. The molecule has 2 N–H and O–H groups in total. The van der Waals surface area contributed by atoms with Gasteiger partial charge in [0.2, 0.25) is 5.88 Å². The quantitative estimate of drug-likeness (QED) is 0.824. The van der Waals surface area contributed by atoms with Crippen molar-refractivity contribution in [3.63, 3.8) is 0 Å². The van der Waals surface area contributed by atoms with Crippen molar-refractivity contribution in [1.82, 2.24) is 15.1 Å². The van der Waals surface area contributed by atoms with Crippen LogP contribution in [0.5, 0.6) is 5.88 Å². The van der Waals surface area contributed by atoms with Crippen LogP contribution in [0.2, 0.25) is 0 Å². The van der Waals surface area contributed by atoms with E-state index < -0.39 is 6.10 Å². The first kappa shape index (κ1) is 16.0. The van der Waals surface area contributed by atoms with Gasteiger partial charge in [-0.05, 0) is 31.7 Å². The van der Waals surface area contributed by atoms with Crippen molar-refractivity contribution in [3.8, 4) is 5.88 Å². The maximum atomic E-state index is 10.2. The van der Waals surface area contributed by atoms with E-state index in [2.05, 4.69) is 17.3 Å². The van der Waals surface area contributed by atoms with Gasteiger partial charge in [-0.3, -0.25) is 0 Å². The van der Waals surface area contributed by atoms with E-state index in [4.69, 9.17) is 4.74 Å². The molecular formula is C15H23N3O2S. The van der Waals surface area contributed by atoms with Crippen LogP contribution in [-0.2, 0) is 13.6 Å². The van der Waals surface area contributed by atoms with Gasteiger partial charge in [0.15, 0.2) is 0 Å². The Kier molecular flexibility index (Phi) is 5.39. The van der Waals surface area contributed by atoms with Crippen LogP contribution in [-0.4, -0.2) is 28.0 Å². The van der Waals surface area contributed by atoms with E-state index in [9.17, 15) is 5.11 Å². The number of methoxy groups -OCH3 is 1.